The molecule has 0 aromatic carbocycles. The number of aryl methyl sites for hydroxylation is 1. The quantitative estimate of drug-likeness (QED) is 0.695. The Bertz CT molecular complexity index is 619. The fraction of sp³-hybridized carbons (Fsp3) is 0.417. The Kier molecular flexibility index (Phi) is 4.94. The molecule has 0 fully saturated rings. The van der Waals surface area contributed by atoms with Gasteiger partial charge in [0.2, 0.25) is 10.0 Å². The summed E-state index contributed by atoms with van der Waals surface area (Å²) < 4.78 is 33.3. The number of furan rings is 1. The summed E-state index contributed by atoms with van der Waals surface area (Å²) in [5.41, 5.74) is 0. The fourth-order valence-electron chi connectivity index (χ4n) is 1.69. The van der Waals surface area contributed by atoms with Crippen LogP contribution in [0.1, 0.15) is 12.2 Å². The van der Waals surface area contributed by atoms with Gasteiger partial charge in [-0.3, -0.25) is 4.68 Å². The van der Waals surface area contributed by atoms with Gasteiger partial charge in [0.15, 0.2) is 0 Å². The van der Waals surface area contributed by atoms with Crippen LogP contribution in [0.25, 0.3) is 0 Å². The van der Waals surface area contributed by atoms with Crippen molar-refractivity contribution >= 4 is 10.0 Å². The third-order valence-corrected chi connectivity index (χ3v) is 4.11. The van der Waals surface area contributed by atoms with Gasteiger partial charge in [-0.1, -0.05) is 0 Å². The van der Waals surface area contributed by atoms with E-state index < -0.39 is 10.0 Å². The molecule has 0 atom stereocenters. The molecule has 0 saturated heterocycles. The third-order valence-electron chi connectivity index (χ3n) is 2.75. The maximum Gasteiger partial charge on any atom is 0.244 e. The number of nitrogens with zero attached hydrogens (tertiary/aromatic N) is 2. The van der Waals surface area contributed by atoms with Crippen LogP contribution in [-0.4, -0.2) is 31.8 Å². The highest BCUT2D eigenvalue weighted by molar-refractivity contribution is 7.89. The van der Waals surface area contributed by atoms with E-state index in [1.807, 2.05) is 7.05 Å². The molecule has 0 saturated carbocycles. The Balaban J connectivity index is 1.95. The largest absolute Gasteiger partial charge is 0.468 e. The van der Waals surface area contributed by atoms with Gasteiger partial charge in [-0.05, 0) is 32.1 Å². The van der Waals surface area contributed by atoms with Gasteiger partial charge < -0.3 is 9.73 Å². The van der Waals surface area contributed by atoms with Crippen LogP contribution in [0.5, 0.6) is 0 Å². The van der Waals surface area contributed by atoms with Crippen molar-refractivity contribution in [2.24, 2.45) is 0 Å². The van der Waals surface area contributed by atoms with E-state index in [-0.39, 0.29) is 11.4 Å². The summed E-state index contributed by atoms with van der Waals surface area (Å²) >= 11 is 0. The molecule has 2 heterocycles. The number of rotatable bonds is 8. The lowest BCUT2D eigenvalue weighted by Gasteiger charge is -2.02. The molecule has 0 aliphatic rings. The smallest absolute Gasteiger partial charge is 0.244 e. The van der Waals surface area contributed by atoms with Crippen molar-refractivity contribution in [3.63, 3.8) is 0 Å². The van der Waals surface area contributed by atoms with Crippen molar-refractivity contribution in [2.45, 2.75) is 24.4 Å². The van der Waals surface area contributed by atoms with E-state index in [1.165, 1.54) is 18.7 Å². The van der Waals surface area contributed by atoms with Crippen molar-refractivity contribution in [1.82, 2.24) is 19.8 Å². The molecule has 0 aliphatic carbocycles. The summed E-state index contributed by atoms with van der Waals surface area (Å²) in [6, 6.07) is 3.42. The SMILES string of the molecule is CNCCCn1cc(S(=O)(=O)NCc2ccco2)cn1. The van der Waals surface area contributed by atoms with Crippen LogP contribution in [0, 0.1) is 0 Å². The van der Waals surface area contributed by atoms with Gasteiger partial charge in [-0.2, -0.15) is 5.10 Å². The molecule has 20 heavy (non-hydrogen) atoms. The minimum atomic E-state index is -3.56. The maximum atomic E-state index is 12.1. The fourth-order valence-corrected chi connectivity index (χ4v) is 2.63. The summed E-state index contributed by atoms with van der Waals surface area (Å²) in [6.45, 7) is 1.66. The Morgan fingerprint density at radius 2 is 2.30 bits per heavy atom. The minimum absolute atomic E-state index is 0.125. The van der Waals surface area contributed by atoms with Gasteiger partial charge in [-0.25, -0.2) is 13.1 Å². The second-order valence-corrected chi connectivity index (χ2v) is 6.07. The summed E-state index contributed by atoms with van der Waals surface area (Å²) in [5, 5.41) is 7.07. The lowest BCUT2D eigenvalue weighted by Crippen LogP contribution is -2.22. The standard InChI is InChI=1S/C12H18N4O3S/c1-13-5-3-6-16-10-12(9-14-16)20(17,18)15-8-11-4-2-7-19-11/h2,4,7,9-10,13,15H,3,5-6,8H2,1H3. The van der Waals surface area contributed by atoms with Gasteiger partial charge in [0, 0.05) is 12.7 Å². The van der Waals surface area contributed by atoms with Crippen molar-refractivity contribution < 1.29 is 12.8 Å². The van der Waals surface area contributed by atoms with Crippen LogP contribution < -0.4 is 10.0 Å². The zero-order chi connectivity index (χ0) is 14.4. The average molecular weight is 298 g/mol. The zero-order valence-electron chi connectivity index (χ0n) is 11.2. The molecule has 110 valence electrons. The van der Waals surface area contributed by atoms with E-state index in [0.717, 1.165) is 13.0 Å². The van der Waals surface area contributed by atoms with Crippen LogP contribution in [0.3, 0.4) is 0 Å². The van der Waals surface area contributed by atoms with E-state index in [4.69, 9.17) is 4.42 Å². The molecule has 0 spiro atoms. The minimum Gasteiger partial charge on any atom is -0.468 e. The number of hydrogen-bond donors (Lipinski definition) is 2. The van der Waals surface area contributed by atoms with E-state index in [1.54, 1.807) is 16.8 Å². The molecule has 0 aliphatic heterocycles. The Morgan fingerprint density at radius 3 is 3.00 bits per heavy atom. The molecule has 2 N–H and O–H groups in total. The lowest BCUT2D eigenvalue weighted by molar-refractivity contribution is 0.498. The predicted molar refractivity (Wildman–Crippen MR) is 73.5 cm³/mol. The highest BCUT2D eigenvalue weighted by Crippen LogP contribution is 2.09. The molecule has 0 amide bonds. The topological polar surface area (TPSA) is 89.2 Å². The number of hydrogen-bond acceptors (Lipinski definition) is 5. The van der Waals surface area contributed by atoms with Gasteiger partial charge in [0.1, 0.15) is 10.7 Å². The summed E-state index contributed by atoms with van der Waals surface area (Å²) in [4.78, 5) is 0.161. The van der Waals surface area contributed by atoms with Gasteiger partial charge in [0.05, 0.1) is 19.0 Å². The number of nitrogens with one attached hydrogen (secondary N) is 2. The molecule has 2 rings (SSSR count). The number of aromatic nitrogens is 2. The van der Waals surface area contributed by atoms with Crippen molar-refractivity contribution in [3.8, 4) is 0 Å². The Labute approximate surface area is 118 Å². The molecule has 2 aromatic rings. The monoisotopic (exact) mass is 298 g/mol. The van der Waals surface area contributed by atoms with Crippen molar-refractivity contribution in [1.29, 1.82) is 0 Å². The van der Waals surface area contributed by atoms with E-state index in [0.29, 0.717) is 12.3 Å². The van der Waals surface area contributed by atoms with Gasteiger partial charge >= 0.3 is 0 Å². The molecule has 0 radical (unpaired) electrons. The molecular formula is C12H18N4O3S. The van der Waals surface area contributed by atoms with Gasteiger partial charge in [-0.15, -0.1) is 0 Å². The molecule has 0 unspecified atom stereocenters. The number of sulfonamides is 1. The van der Waals surface area contributed by atoms with E-state index >= 15 is 0 Å². The third kappa shape index (κ3) is 3.92. The second kappa shape index (κ2) is 6.69. The molecule has 8 heteroatoms. The first-order chi connectivity index (χ1) is 9.62. The summed E-state index contributed by atoms with van der Waals surface area (Å²) in [5.74, 6) is 0.565. The van der Waals surface area contributed by atoms with Crippen molar-refractivity contribution in [2.75, 3.05) is 13.6 Å². The first-order valence-corrected chi connectivity index (χ1v) is 7.79. The zero-order valence-corrected chi connectivity index (χ0v) is 12.1. The van der Waals surface area contributed by atoms with Crippen LogP contribution in [0.2, 0.25) is 0 Å². The van der Waals surface area contributed by atoms with Crippen LogP contribution >= 0.6 is 0 Å². The highest BCUT2D eigenvalue weighted by Gasteiger charge is 2.16. The lowest BCUT2D eigenvalue weighted by atomic mass is 10.4. The molecule has 2 aromatic heterocycles. The van der Waals surface area contributed by atoms with E-state index in [2.05, 4.69) is 15.1 Å². The maximum absolute atomic E-state index is 12.1. The molecule has 7 nitrogen and oxygen atoms in total. The first kappa shape index (κ1) is 14.8. The van der Waals surface area contributed by atoms with Gasteiger partial charge in [0.25, 0.3) is 0 Å². The summed E-state index contributed by atoms with van der Waals surface area (Å²) in [7, 11) is -1.68. The predicted octanol–water partition coefficient (Wildman–Crippen LogP) is 0.564. The Hall–Kier alpha value is -1.64. The van der Waals surface area contributed by atoms with Crippen LogP contribution in [0.4, 0.5) is 0 Å². The van der Waals surface area contributed by atoms with Crippen LogP contribution in [0.15, 0.2) is 40.1 Å². The van der Waals surface area contributed by atoms with E-state index in [9.17, 15) is 8.42 Å². The first-order valence-electron chi connectivity index (χ1n) is 6.31. The van der Waals surface area contributed by atoms with Crippen molar-refractivity contribution in [3.05, 3.63) is 36.5 Å². The average Bonchev–Trinajstić information content (AvgIpc) is 3.08. The summed E-state index contributed by atoms with van der Waals surface area (Å²) in [6.07, 6.45) is 5.27. The highest BCUT2D eigenvalue weighted by atomic mass is 32.2. The second-order valence-electron chi connectivity index (χ2n) is 4.30. The normalized spacial score (nSPS) is 11.8. The molecular weight excluding hydrogens is 280 g/mol. The molecule has 0 bridgehead atoms. The Morgan fingerprint density at radius 1 is 1.45 bits per heavy atom. The van der Waals surface area contributed by atoms with Crippen LogP contribution in [-0.2, 0) is 23.1 Å².